The predicted octanol–water partition coefficient (Wildman–Crippen LogP) is 14.3. The highest BCUT2D eigenvalue weighted by molar-refractivity contribution is 6.30. The molecule has 0 fully saturated rings. The fourth-order valence-corrected chi connectivity index (χ4v) is 9.38. The number of para-hydroxylation sites is 6. The van der Waals surface area contributed by atoms with Crippen LogP contribution in [0.15, 0.2) is 212 Å². The Balaban J connectivity index is 1.11. The Labute approximate surface area is 329 Å². The van der Waals surface area contributed by atoms with Crippen LogP contribution in [0.2, 0.25) is 0 Å². The maximum atomic E-state index is 2.48. The third-order valence-corrected chi connectivity index (χ3v) is 11.8. The number of rotatable bonds is 5. The summed E-state index contributed by atoms with van der Waals surface area (Å²) >= 11 is 0. The van der Waals surface area contributed by atoms with E-state index in [1.165, 1.54) is 93.4 Å². The van der Waals surface area contributed by atoms with Crippen LogP contribution < -0.4 is 0 Å². The Bertz CT molecular complexity index is 3480. The van der Waals surface area contributed by atoms with E-state index in [1.807, 2.05) is 0 Å². The zero-order chi connectivity index (χ0) is 37.5. The SMILES string of the molecule is c1ccc(-n2c3ccccc3c3cc(-c4ccc(-c5cc6c(c7ccccc7n6-c6ccccc6)c6c5c5ccccc5n6-c5ccccc5)cc4)ccc32)cc1. The molecule has 3 aromatic heterocycles. The van der Waals surface area contributed by atoms with E-state index in [0.717, 1.165) is 11.4 Å². The second-order valence-electron chi connectivity index (χ2n) is 14.9. The van der Waals surface area contributed by atoms with E-state index in [2.05, 4.69) is 226 Å². The van der Waals surface area contributed by atoms with Crippen molar-refractivity contribution in [1.29, 1.82) is 0 Å². The number of aromatic nitrogens is 3. The average Bonchev–Trinajstić information content (AvgIpc) is 3.93. The van der Waals surface area contributed by atoms with E-state index in [4.69, 9.17) is 0 Å². The highest BCUT2D eigenvalue weighted by atomic mass is 15.0. The minimum Gasteiger partial charge on any atom is -0.309 e. The molecule has 0 unspecified atom stereocenters. The molecule has 3 heteroatoms. The molecule has 57 heavy (non-hydrogen) atoms. The fraction of sp³-hybridized carbons (Fsp3) is 0. The molecule has 0 saturated heterocycles. The average molecular weight is 726 g/mol. The molecule has 3 heterocycles. The molecular weight excluding hydrogens is 691 g/mol. The quantitative estimate of drug-likeness (QED) is 0.168. The van der Waals surface area contributed by atoms with Gasteiger partial charge in [0.1, 0.15) is 0 Å². The molecule has 0 radical (unpaired) electrons. The highest BCUT2D eigenvalue weighted by Gasteiger charge is 2.24. The number of benzene rings is 9. The van der Waals surface area contributed by atoms with Crippen LogP contribution in [0.1, 0.15) is 0 Å². The molecule has 0 aliphatic heterocycles. The van der Waals surface area contributed by atoms with Gasteiger partial charge in [0.2, 0.25) is 0 Å². The van der Waals surface area contributed by atoms with Gasteiger partial charge in [0, 0.05) is 49.4 Å². The molecule has 0 saturated carbocycles. The van der Waals surface area contributed by atoms with E-state index < -0.39 is 0 Å². The Kier molecular flexibility index (Phi) is 6.93. The van der Waals surface area contributed by atoms with Gasteiger partial charge < -0.3 is 13.7 Å². The van der Waals surface area contributed by atoms with Crippen molar-refractivity contribution in [3.05, 3.63) is 212 Å². The third kappa shape index (κ3) is 4.73. The summed E-state index contributed by atoms with van der Waals surface area (Å²) in [7, 11) is 0. The second kappa shape index (κ2) is 12.5. The topological polar surface area (TPSA) is 14.8 Å². The Morgan fingerprint density at radius 1 is 0.246 bits per heavy atom. The summed E-state index contributed by atoms with van der Waals surface area (Å²) in [5.74, 6) is 0. The van der Waals surface area contributed by atoms with Crippen LogP contribution in [0.3, 0.4) is 0 Å². The third-order valence-electron chi connectivity index (χ3n) is 11.8. The molecule has 0 amide bonds. The summed E-state index contributed by atoms with van der Waals surface area (Å²) in [4.78, 5) is 0. The van der Waals surface area contributed by atoms with Gasteiger partial charge in [0.05, 0.1) is 33.1 Å². The predicted molar refractivity (Wildman–Crippen MR) is 240 cm³/mol. The van der Waals surface area contributed by atoms with Crippen molar-refractivity contribution in [1.82, 2.24) is 13.7 Å². The van der Waals surface area contributed by atoms with Crippen molar-refractivity contribution in [3.63, 3.8) is 0 Å². The molecule has 0 bridgehead atoms. The minimum absolute atomic E-state index is 1.15. The van der Waals surface area contributed by atoms with Gasteiger partial charge >= 0.3 is 0 Å². The lowest BCUT2D eigenvalue weighted by molar-refractivity contribution is 1.17. The van der Waals surface area contributed by atoms with Crippen molar-refractivity contribution >= 4 is 65.4 Å². The first-order valence-corrected chi connectivity index (χ1v) is 19.6. The van der Waals surface area contributed by atoms with Gasteiger partial charge in [-0.1, -0.05) is 140 Å². The van der Waals surface area contributed by atoms with Crippen LogP contribution in [0.5, 0.6) is 0 Å². The maximum Gasteiger partial charge on any atom is 0.0647 e. The van der Waals surface area contributed by atoms with E-state index in [0.29, 0.717) is 0 Å². The summed E-state index contributed by atoms with van der Waals surface area (Å²) in [6, 6.07) is 77.3. The molecule has 0 N–H and O–H groups in total. The zero-order valence-corrected chi connectivity index (χ0v) is 31.0. The normalized spacial score (nSPS) is 11.9. The van der Waals surface area contributed by atoms with E-state index in [9.17, 15) is 0 Å². The van der Waals surface area contributed by atoms with Crippen molar-refractivity contribution in [2.75, 3.05) is 0 Å². The molecule has 0 aliphatic carbocycles. The molecule has 0 atom stereocenters. The molecule has 266 valence electrons. The standard InChI is InChI=1S/C54H35N3/c1-4-16-39(17-5-1)55-47-25-13-10-22-42(47)46-34-38(32-33-50(46)55)36-28-30-37(31-29-36)45-35-51-53(44-24-12-14-26-48(44)56(51)40-18-6-2-7-19-40)54-52(45)43-23-11-15-27-49(43)57(54)41-20-8-3-9-21-41/h1-35H. The lowest BCUT2D eigenvalue weighted by Gasteiger charge is -2.13. The van der Waals surface area contributed by atoms with Crippen molar-refractivity contribution in [3.8, 4) is 39.3 Å². The van der Waals surface area contributed by atoms with Crippen LogP contribution >= 0.6 is 0 Å². The zero-order valence-electron chi connectivity index (χ0n) is 31.0. The van der Waals surface area contributed by atoms with Crippen molar-refractivity contribution in [2.45, 2.75) is 0 Å². The smallest absolute Gasteiger partial charge is 0.0647 e. The van der Waals surface area contributed by atoms with Gasteiger partial charge in [-0.3, -0.25) is 0 Å². The molecule has 12 rings (SSSR count). The van der Waals surface area contributed by atoms with E-state index in [-0.39, 0.29) is 0 Å². The first-order chi connectivity index (χ1) is 28.3. The van der Waals surface area contributed by atoms with Crippen LogP contribution in [0.25, 0.3) is 105 Å². The molecule has 9 aromatic carbocycles. The van der Waals surface area contributed by atoms with Crippen LogP contribution in [0, 0.1) is 0 Å². The van der Waals surface area contributed by atoms with Gasteiger partial charge in [-0.05, 0) is 95.1 Å². The lowest BCUT2D eigenvalue weighted by atomic mass is 9.94. The largest absolute Gasteiger partial charge is 0.309 e. The Morgan fingerprint density at radius 2 is 0.667 bits per heavy atom. The minimum atomic E-state index is 1.15. The monoisotopic (exact) mass is 725 g/mol. The van der Waals surface area contributed by atoms with Gasteiger partial charge in [-0.25, -0.2) is 0 Å². The summed E-state index contributed by atoms with van der Waals surface area (Å²) in [5.41, 5.74) is 15.5. The molecule has 0 spiro atoms. The Hall–Kier alpha value is -7.62. The maximum absolute atomic E-state index is 2.48. The summed E-state index contributed by atoms with van der Waals surface area (Å²) in [6.07, 6.45) is 0. The number of hydrogen-bond donors (Lipinski definition) is 0. The van der Waals surface area contributed by atoms with Crippen LogP contribution in [0.4, 0.5) is 0 Å². The highest BCUT2D eigenvalue weighted by Crippen LogP contribution is 2.47. The van der Waals surface area contributed by atoms with Crippen LogP contribution in [-0.4, -0.2) is 13.7 Å². The second-order valence-corrected chi connectivity index (χ2v) is 14.9. The van der Waals surface area contributed by atoms with Gasteiger partial charge in [-0.2, -0.15) is 0 Å². The molecule has 3 nitrogen and oxygen atoms in total. The van der Waals surface area contributed by atoms with Crippen molar-refractivity contribution in [2.24, 2.45) is 0 Å². The number of nitrogens with zero attached hydrogens (tertiary/aromatic N) is 3. The first kappa shape index (κ1) is 31.7. The van der Waals surface area contributed by atoms with Gasteiger partial charge in [0.25, 0.3) is 0 Å². The number of hydrogen-bond acceptors (Lipinski definition) is 0. The van der Waals surface area contributed by atoms with E-state index >= 15 is 0 Å². The fourth-order valence-electron chi connectivity index (χ4n) is 9.38. The molecule has 12 aromatic rings. The molecular formula is C54H35N3. The Morgan fingerprint density at radius 3 is 1.28 bits per heavy atom. The molecule has 0 aliphatic rings. The lowest BCUT2D eigenvalue weighted by Crippen LogP contribution is -1.96. The summed E-state index contributed by atoms with van der Waals surface area (Å²) < 4.78 is 7.30. The summed E-state index contributed by atoms with van der Waals surface area (Å²) in [6.45, 7) is 0. The van der Waals surface area contributed by atoms with E-state index in [1.54, 1.807) is 0 Å². The van der Waals surface area contributed by atoms with Gasteiger partial charge in [0.15, 0.2) is 0 Å². The first-order valence-electron chi connectivity index (χ1n) is 19.6. The number of fused-ring (bicyclic) bond motifs is 10. The van der Waals surface area contributed by atoms with Crippen molar-refractivity contribution < 1.29 is 0 Å². The van der Waals surface area contributed by atoms with Crippen LogP contribution in [-0.2, 0) is 0 Å². The van der Waals surface area contributed by atoms with Gasteiger partial charge in [-0.15, -0.1) is 0 Å². The summed E-state index contributed by atoms with van der Waals surface area (Å²) in [5, 5.41) is 7.52.